The highest BCUT2D eigenvalue weighted by atomic mass is 35.5. The maximum absolute atomic E-state index is 13.8. The number of hydrogen-bond acceptors (Lipinski definition) is 7. The molecule has 1 aromatic rings. The van der Waals surface area contributed by atoms with Gasteiger partial charge in [-0.2, -0.15) is 0 Å². The van der Waals surface area contributed by atoms with Gasteiger partial charge >= 0.3 is 11.9 Å². The molecule has 9 heteroatoms. The fourth-order valence-corrected chi connectivity index (χ4v) is 5.02. The van der Waals surface area contributed by atoms with E-state index in [1.165, 1.54) is 0 Å². The normalized spacial score (nSPS) is 16.5. The Morgan fingerprint density at radius 1 is 1.13 bits per heavy atom. The van der Waals surface area contributed by atoms with E-state index >= 15 is 0 Å². The van der Waals surface area contributed by atoms with Gasteiger partial charge in [0.05, 0.1) is 43.6 Å². The molecule has 38 heavy (non-hydrogen) atoms. The second kappa shape index (κ2) is 15.4. The van der Waals surface area contributed by atoms with Crippen molar-refractivity contribution in [3.8, 4) is 0 Å². The van der Waals surface area contributed by atoms with Gasteiger partial charge in [0.2, 0.25) is 5.91 Å². The van der Waals surface area contributed by atoms with Gasteiger partial charge in [0.15, 0.2) is 0 Å². The van der Waals surface area contributed by atoms with E-state index in [4.69, 9.17) is 30.5 Å². The number of halogens is 1. The summed E-state index contributed by atoms with van der Waals surface area (Å²) in [5.41, 5.74) is -0.539. The third-order valence-corrected chi connectivity index (χ3v) is 7.05. The van der Waals surface area contributed by atoms with Crippen molar-refractivity contribution < 1.29 is 33.3 Å². The molecule has 0 spiro atoms. The van der Waals surface area contributed by atoms with Crippen molar-refractivity contribution in [3.05, 3.63) is 34.9 Å². The van der Waals surface area contributed by atoms with Crippen LogP contribution in [0.2, 0.25) is 5.02 Å². The van der Waals surface area contributed by atoms with Crippen molar-refractivity contribution >= 4 is 29.4 Å². The number of carbonyl (C=O) groups is 3. The number of benzene rings is 1. The van der Waals surface area contributed by atoms with Crippen LogP contribution >= 0.6 is 11.6 Å². The second-order valence-electron chi connectivity index (χ2n) is 11.0. The summed E-state index contributed by atoms with van der Waals surface area (Å²) in [6, 6.07) is 6.78. The zero-order chi connectivity index (χ0) is 28.2. The average Bonchev–Trinajstić information content (AvgIpc) is 3.32. The summed E-state index contributed by atoms with van der Waals surface area (Å²) in [5.74, 6) is -1.37. The van der Waals surface area contributed by atoms with Crippen LogP contribution in [-0.4, -0.2) is 56.4 Å². The van der Waals surface area contributed by atoms with Crippen molar-refractivity contribution in [2.24, 2.45) is 11.3 Å². The van der Waals surface area contributed by atoms with E-state index in [2.05, 4.69) is 5.32 Å². The monoisotopic (exact) mass is 553 g/mol. The zero-order valence-corrected chi connectivity index (χ0v) is 24.2. The third-order valence-electron chi connectivity index (χ3n) is 6.68. The largest absolute Gasteiger partial charge is 0.466 e. The first-order chi connectivity index (χ1) is 18.0. The lowest BCUT2D eigenvalue weighted by Crippen LogP contribution is -2.48. The summed E-state index contributed by atoms with van der Waals surface area (Å²) < 4.78 is 21.9. The summed E-state index contributed by atoms with van der Waals surface area (Å²) in [7, 11) is 1.59. The van der Waals surface area contributed by atoms with Gasteiger partial charge in [0.1, 0.15) is 5.60 Å². The molecule has 1 aliphatic carbocycles. The van der Waals surface area contributed by atoms with Crippen LogP contribution in [0.3, 0.4) is 0 Å². The van der Waals surface area contributed by atoms with Crippen molar-refractivity contribution in [3.63, 3.8) is 0 Å². The highest BCUT2D eigenvalue weighted by molar-refractivity contribution is 6.31. The molecule has 0 aliphatic heterocycles. The topological polar surface area (TPSA) is 100 Å². The number of nitrogens with one attached hydrogen (secondary N) is 1. The van der Waals surface area contributed by atoms with Gasteiger partial charge in [-0.25, -0.2) is 0 Å². The molecule has 0 saturated heterocycles. The van der Waals surface area contributed by atoms with Crippen LogP contribution in [-0.2, 0) is 39.9 Å². The first-order valence-electron chi connectivity index (χ1n) is 13.5. The molecule has 1 saturated carbocycles. The van der Waals surface area contributed by atoms with Crippen LogP contribution in [0, 0.1) is 11.3 Å². The van der Waals surface area contributed by atoms with Crippen LogP contribution in [0.25, 0.3) is 0 Å². The molecule has 1 fully saturated rings. The van der Waals surface area contributed by atoms with Crippen LogP contribution < -0.4 is 5.32 Å². The molecular weight excluding hydrogens is 510 g/mol. The summed E-state index contributed by atoms with van der Waals surface area (Å²) in [6.07, 6.45) is 3.93. The number of methoxy groups -OCH3 is 1. The number of ether oxygens (including phenoxy) is 4. The molecule has 1 aromatic carbocycles. The molecule has 2 atom stereocenters. The molecular formula is C29H44ClNO7. The Labute approximate surface area is 232 Å². The number of rotatable bonds is 15. The van der Waals surface area contributed by atoms with Gasteiger partial charge < -0.3 is 24.3 Å². The minimum absolute atomic E-state index is 0.0165. The van der Waals surface area contributed by atoms with Crippen LogP contribution in [0.1, 0.15) is 78.2 Å². The first kappa shape index (κ1) is 32.1. The number of amides is 1. The first-order valence-corrected chi connectivity index (χ1v) is 13.9. The van der Waals surface area contributed by atoms with Crippen molar-refractivity contribution in [1.82, 2.24) is 5.32 Å². The molecule has 0 heterocycles. The van der Waals surface area contributed by atoms with E-state index in [0.29, 0.717) is 37.3 Å². The van der Waals surface area contributed by atoms with Gasteiger partial charge in [-0.3, -0.25) is 14.4 Å². The standard InChI is InChI=1S/C29H44ClNO7/c1-6-37-25(32)17-23(20-36-19-22-11-7-8-12-24(22)30)31-27(34)29(14-9-10-15-29)18-21(13-16-35-5)26(33)38-28(2,3)4/h7-8,11-12,21,23H,6,9-10,13-20H2,1-5H3,(H,31,34). The van der Waals surface area contributed by atoms with Crippen LogP contribution in [0.4, 0.5) is 0 Å². The molecule has 2 unspecified atom stereocenters. The minimum atomic E-state index is -0.731. The van der Waals surface area contributed by atoms with Crippen molar-refractivity contribution in [2.75, 3.05) is 26.9 Å². The number of hydrogen-bond donors (Lipinski definition) is 1. The van der Waals surface area contributed by atoms with Crippen LogP contribution in [0.5, 0.6) is 0 Å². The van der Waals surface area contributed by atoms with Gasteiger partial charge in [-0.1, -0.05) is 42.6 Å². The van der Waals surface area contributed by atoms with E-state index in [0.717, 1.165) is 18.4 Å². The Morgan fingerprint density at radius 2 is 1.82 bits per heavy atom. The average molecular weight is 554 g/mol. The van der Waals surface area contributed by atoms with E-state index in [1.807, 2.05) is 39.0 Å². The fraction of sp³-hybridized carbons (Fsp3) is 0.690. The molecule has 0 aromatic heterocycles. The molecule has 1 N–H and O–H groups in total. The predicted octanol–water partition coefficient (Wildman–Crippen LogP) is 5.24. The van der Waals surface area contributed by atoms with E-state index in [1.54, 1.807) is 20.1 Å². The van der Waals surface area contributed by atoms with Gasteiger partial charge in [0.25, 0.3) is 0 Å². The maximum atomic E-state index is 13.8. The molecule has 1 amide bonds. The SMILES string of the molecule is CCOC(=O)CC(COCc1ccccc1Cl)NC(=O)C1(CC(CCOC)C(=O)OC(C)(C)C)CCCC1. The lowest BCUT2D eigenvalue weighted by molar-refractivity contribution is -0.162. The Kier molecular flexibility index (Phi) is 13.0. The highest BCUT2D eigenvalue weighted by Crippen LogP contribution is 2.44. The summed E-state index contributed by atoms with van der Waals surface area (Å²) in [5, 5.41) is 3.65. The number of carbonyl (C=O) groups excluding carboxylic acids is 3. The summed E-state index contributed by atoms with van der Waals surface area (Å²) in [6.45, 7) is 8.24. The third kappa shape index (κ3) is 10.5. The number of esters is 2. The molecule has 8 nitrogen and oxygen atoms in total. The Morgan fingerprint density at radius 3 is 2.42 bits per heavy atom. The lowest BCUT2D eigenvalue weighted by atomic mass is 9.75. The highest BCUT2D eigenvalue weighted by Gasteiger charge is 2.45. The molecule has 2 rings (SSSR count). The zero-order valence-electron chi connectivity index (χ0n) is 23.5. The van der Waals surface area contributed by atoms with Crippen LogP contribution in [0.15, 0.2) is 24.3 Å². The summed E-state index contributed by atoms with van der Waals surface area (Å²) >= 11 is 6.23. The lowest BCUT2D eigenvalue weighted by Gasteiger charge is -2.34. The fourth-order valence-electron chi connectivity index (χ4n) is 4.83. The van der Waals surface area contributed by atoms with Gasteiger partial charge in [-0.15, -0.1) is 0 Å². The van der Waals surface area contributed by atoms with Crippen molar-refractivity contribution in [2.45, 2.75) is 90.9 Å². The van der Waals surface area contributed by atoms with E-state index in [9.17, 15) is 14.4 Å². The minimum Gasteiger partial charge on any atom is -0.466 e. The van der Waals surface area contributed by atoms with E-state index in [-0.39, 0.29) is 38.1 Å². The molecule has 214 valence electrons. The second-order valence-corrected chi connectivity index (χ2v) is 11.4. The van der Waals surface area contributed by atoms with E-state index < -0.39 is 28.9 Å². The predicted molar refractivity (Wildman–Crippen MR) is 146 cm³/mol. The van der Waals surface area contributed by atoms with Gasteiger partial charge in [-0.05, 0) is 65.0 Å². The van der Waals surface area contributed by atoms with Gasteiger partial charge in [0, 0.05) is 18.7 Å². The quantitative estimate of drug-likeness (QED) is 0.296. The molecule has 0 bridgehead atoms. The van der Waals surface area contributed by atoms with Crippen molar-refractivity contribution in [1.29, 1.82) is 0 Å². The molecule has 0 radical (unpaired) electrons. The maximum Gasteiger partial charge on any atom is 0.309 e. The smallest absolute Gasteiger partial charge is 0.309 e. The Bertz CT molecular complexity index is 908. The Balaban J connectivity index is 2.16. The molecule has 1 aliphatic rings. The summed E-state index contributed by atoms with van der Waals surface area (Å²) in [4.78, 5) is 39.2. The Hall–Kier alpha value is -2.16.